The molecule has 1 atom stereocenters. The van der Waals surface area contributed by atoms with E-state index in [2.05, 4.69) is 10.6 Å². The summed E-state index contributed by atoms with van der Waals surface area (Å²) in [5.41, 5.74) is 0.555. The number of nitrogens with zero attached hydrogens (tertiary/aromatic N) is 1. The molecule has 2 rings (SSSR count). The van der Waals surface area contributed by atoms with Crippen LogP contribution in [0.1, 0.15) is 26.7 Å². The predicted octanol–water partition coefficient (Wildman–Crippen LogP) is 2.86. The molecular formula is C15H20ClN3O2. The van der Waals surface area contributed by atoms with Gasteiger partial charge in [-0.25, -0.2) is 4.79 Å². The lowest BCUT2D eigenvalue weighted by Crippen LogP contribution is -2.48. The Morgan fingerprint density at radius 1 is 1.33 bits per heavy atom. The predicted molar refractivity (Wildman–Crippen MR) is 83.5 cm³/mol. The Hall–Kier alpha value is -1.75. The van der Waals surface area contributed by atoms with Crippen LogP contribution in [-0.2, 0) is 4.79 Å². The molecule has 0 aromatic heterocycles. The van der Waals surface area contributed by atoms with Crippen molar-refractivity contribution in [3.8, 4) is 0 Å². The Labute approximate surface area is 129 Å². The third kappa shape index (κ3) is 3.88. The fourth-order valence-electron chi connectivity index (χ4n) is 2.41. The first-order valence-corrected chi connectivity index (χ1v) is 7.49. The highest BCUT2D eigenvalue weighted by Gasteiger charge is 2.34. The number of hydrogen-bond acceptors (Lipinski definition) is 2. The number of rotatable bonds is 3. The van der Waals surface area contributed by atoms with E-state index in [9.17, 15) is 9.59 Å². The smallest absolute Gasteiger partial charge is 0.322 e. The van der Waals surface area contributed by atoms with Crippen molar-refractivity contribution in [1.82, 2.24) is 10.2 Å². The van der Waals surface area contributed by atoms with Gasteiger partial charge in [0, 0.05) is 12.6 Å². The van der Waals surface area contributed by atoms with E-state index >= 15 is 0 Å². The summed E-state index contributed by atoms with van der Waals surface area (Å²) in [6, 6.07) is 6.41. The minimum absolute atomic E-state index is 0.0616. The zero-order valence-corrected chi connectivity index (χ0v) is 13.0. The molecule has 21 heavy (non-hydrogen) atoms. The lowest BCUT2D eigenvalue weighted by Gasteiger charge is -2.25. The minimum Gasteiger partial charge on any atom is -0.352 e. The summed E-state index contributed by atoms with van der Waals surface area (Å²) in [5.74, 6) is -0.100. The van der Waals surface area contributed by atoms with Crippen molar-refractivity contribution in [3.63, 3.8) is 0 Å². The van der Waals surface area contributed by atoms with Gasteiger partial charge < -0.3 is 15.5 Å². The van der Waals surface area contributed by atoms with Gasteiger partial charge in [0.05, 0.1) is 10.7 Å². The normalized spacial score (nSPS) is 17.9. The standard InChI is InChI=1S/C15H20ClN3O2/c1-10(2)17-14(20)13-8-5-9-19(13)15(21)18-12-7-4-3-6-11(12)16/h3-4,6-7,10,13H,5,8-9H2,1-2H3,(H,17,20)(H,18,21)/t13-/m1/s1. The zero-order valence-electron chi connectivity index (χ0n) is 12.2. The highest BCUT2D eigenvalue weighted by molar-refractivity contribution is 6.33. The molecule has 0 bridgehead atoms. The Morgan fingerprint density at radius 2 is 2.05 bits per heavy atom. The molecule has 1 saturated heterocycles. The average Bonchev–Trinajstić information content (AvgIpc) is 2.90. The van der Waals surface area contributed by atoms with Gasteiger partial charge in [0.2, 0.25) is 5.91 Å². The first kappa shape index (κ1) is 15.6. The van der Waals surface area contributed by atoms with Crippen LogP contribution in [0, 0.1) is 0 Å². The fourth-order valence-corrected chi connectivity index (χ4v) is 2.60. The van der Waals surface area contributed by atoms with E-state index in [0.717, 1.165) is 6.42 Å². The van der Waals surface area contributed by atoms with E-state index in [-0.39, 0.29) is 18.0 Å². The molecule has 1 heterocycles. The van der Waals surface area contributed by atoms with Crippen molar-refractivity contribution in [2.45, 2.75) is 38.8 Å². The summed E-state index contributed by atoms with van der Waals surface area (Å²) >= 11 is 6.03. The molecule has 5 nitrogen and oxygen atoms in total. The first-order valence-electron chi connectivity index (χ1n) is 7.11. The van der Waals surface area contributed by atoms with E-state index in [4.69, 9.17) is 11.6 Å². The number of anilines is 1. The van der Waals surface area contributed by atoms with Gasteiger partial charge in [-0.05, 0) is 38.8 Å². The minimum atomic E-state index is -0.408. The van der Waals surface area contributed by atoms with E-state index in [1.807, 2.05) is 13.8 Å². The number of carbonyl (C=O) groups excluding carboxylic acids is 2. The van der Waals surface area contributed by atoms with E-state index < -0.39 is 6.04 Å². The first-order chi connectivity index (χ1) is 9.99. The fraction of sp³-hybridized carbons (Fsp3) is 0.467. The van der Waals surface area contributed by atoms with E-state index in [1.54, 1.807) is 29.2 Å². The number of amides is 3. The van der Waals surface area contributed by atoms with Crippen molar-refractivity contribution in [2.75, 3.05) is 11.9 Å². The molecule has 114 valence electrons. The second-order valence-electron chi connectivity index (χ2n) is 5.42. The molecule has 0 radical (unpaired) electrons. The second-order valence-corrected chi connectivity index (χ2v) is 5.83. The molecule has 0 spiro atoms. The number of likely N-dealkylation sites (tertiary alicyclic amines) is 1. The third-order valence-electron chi connectivity index (χ3n) is 3.36. The molecule has 0 aliphatic carbocycles. The summed E-state index contributed by atoms with van der Waals surface area (Å²) in [4.78, 5) is 26.0. The SMILES string of the molecule is CC(C)NC(=O)[C@H]1CCCN1C(=O)Nc1ccccc1Cl. The Balaban J connectivity index is 2.04. The van der Waals surface area contributed by atoms with Crippen molar-refractivity contribution in [3.05, 3.63) is 29.3 Å². The van der Waals surface area contributed by atoms with Crippen LogP contribution < -0.4 is 10.6 Å². The molecule has 1 aromatic rings. The summed E-state index contributed by atoms with van der Waals surface area (Å²) in [6.45, 7) is 4.38. The highest BCUT2D eigenvalue weighted by Crippen LogP contribution is 2.23. The van der Waals surface area contributed by atoms with Gasteiger partial charge in [0.1, 0.15) is 6.04 Å². The van der Waals surface area contributed by atoms with Crippen molar-refractivity contribution in [1.29, 1.82) is 0 Å². The van der Waals surface area contributed by atoms with Gasteiger partial charge in [0.15, 0.2) is 0 Å². The maximum Gasteiger partial charge on any atom is 0.322 e. The van der Waals surface area contributed by atoms with E-state index in [1.165, 1.54) is 0 Å². The van der Waals surface area contributed by atoms with Crippen LogP contribution in [-0.4, -0.2) is 35.5 Å². The van der Waals surface area contributed by atoms with Crippen LogP contribution in [0.2, 0.25) is 5.02 Å². The number of halogens is 1. The molecule has 1 aromatic carbocycles. The van der Waals surface area contributed by atoms with Crippen molar-refractivity contribution < 1.29 is 9.59 Å². The molecule has 3 amide bonds. The molecule has 0 saturated carbocycles. The van der Waals surface area contributed by atoms with Crippen LogP contribution in [0.15, 0.2) is 24.3 Å². The maximum absolute atomic E-state index is 12.3. The average molecular weight is 310 g/mol. The largest absolute Gasteiger partial charge is 0.352 e. The number of carbonyl (C=O) groups is 2. The van der Waals surface area contributed by atoms with Crippen molar-refractivity contribution in [2.24, 2.45) is 0 Å². The molecule has 2 N–H and O–H groups in total. The number of urea groups is 1. The molecule has 1 aliphatic heterocycles. The third-order valence-corrected chi connectivity index (χ3v) is 3.69. The van der Waals surface area contributed by atoms with Gasteiger partial charge in [-0.2, -0.15) is 0 Å². The van der Waals surface area contributed by atoms with Crippen LogP contribution in [0.25, 0.3) is 0 Å². The lowest BCUT2D eigenvalue weighted by molar-refractivity contribution is -0.125. The van der Waals surface area contributed by atoms with Gasteiger partial charge >= 0.3 is 6.03 Å². The zero-order chi connectivity index (χ0) is 15.4. The van der Waals surface area contributed by atoms with Gasteiger partial charge in [-0.3, -0.25) is 4.79 Å². The van der Waals surface area contributed by atoms with Gasteiger partial charge in [0.25, 0.3) is 0 Å². The topological polar surface area (TPSA) is 61.4 Å². The molecular weight excluding hydrogens is 290 g/mol. The number of hydrogen-bond donors (Lipinski definition) is 2. The number of benzene rings is 1. The number of para-hydroxylation sites is 1. The Bertz CT molecular complexity index is 533. The molecule has 1 fully saturated rings. The monoisotopic (exact) mass is 309 g/mol. The van der Waals surface area contributed by atoms with E-state index in [0.29, 0.717) is 23.7 Å². The molecule has 1 aliphatic rings. The van der Waals surface area contributed by atoms with Crippen LogP contribution in [0.3, 0.4) is 0 Å². The van der Waals surface area contributed by atoms with Gasteiger partial charge in [-0.15, -0.1) is 0 Å². The Morgan fingerprint density at radius 3 is 2.71 bits per heavy atom. The maximum atomic E-state index is 12.3. The quantitative estimate of drug-likeness (QED) is 0.902. The summed E-state index contributed by atoms with van der Waals surface area (Å²) in [6.07, 6.45) is 1.51. The van der Waals surface area contributed by atoms with Crippen LogP contribution in [0.5, 0.6) is 0 Å². The summed E-state index contributed by atoms with van der Waals surface area (Å²) in [5, 5.41) is 6.10. The second kappa shape index (κ2) is 6.80. The lowest BCUT2D eigenvalue weighted by atomic mass is 10.2. The summed E-state index contributed by atoms with van der Waals surface area (Å²) < 4.78 is 0. The number of nitrogens with one attached hydrogen (secondary N) is 2. The Kier molecular flexibility index (Phi) is 5.07. The molecule has 0 unspecified atom stereocenters. The van der Waals surface area contributed by atoms with Crippen LogP contribution in [0.4, 0.5) is 10.5 Å². The van der Waals surface area contributed by atoms with Crippen LogP contribution >= 0.6 is 11.6 Å². The van der Waals surface area contributed by atoms with Crippen molar-refractivity contribution >= 4 is 29.2 Å². The highest BCUT2D eigenvalue weighted by atomic mass is 35.5. The summed E-state index contributed by atoms with van der Waals surface area (Å²) in [7, 11) is 0. The molecule has 6 heteroatoms. The van der Waals surface area contributed by atoms with Gasteiger partial charge in [-0.1, -0.05) is 23.7 Å².